The van der Waals surface area contributed by atoms with Gasteiger partial charge in [0.15, 0.2) is 0 Å². The average molecular weight is 301 g/mol. The van der Waals surface area contributed by atoms with Crippen LogP contribution in [0.5, 0.6) is 0 Å². The molecule has 0 aliphatic carbocycles. The summed E-state index contributed by atoms with van der Waals surface area (Å²) in [5.41, 5.74) is 1.23. The van der Waals surface area contributed by atoms with Crippen molar-refractivity contribution >= 4 is 11.8 Å². The molecule has 0 N–H and O–H groups in total. The van der Waals surface area contributed by atoms with Crippen LogP contribution < -0.4 is 0 Å². The summed E-state index contributed by atoms with van der Waals surface area (Å²) in [6.07, 6.45) is 8.34. The van der Waals surface area contributed by atoms with Crippen molar-refractivity contribution < 1.29 is 9.59 Å². The molecule has 5 heteroatoms. The van der Waals surface area contributed by atoms with Crippen molar-refractivity contribution in [2.24, 2.45) is 5.92 Å². The highest BCUT2D eigenvalue weighted by Gasteiger charge is 2.28. The third-order valence-electron chi connectivity index (χ3n) is 4.62. The zero-order chi connectivity index (χ0) is 15.4. The van der Waals surface area contributed by atoms with Gasteiger partial charge in [-0.25, -0.2) is 0 Å². The molecule has 1 atom stereocenters. The summed E-state index contributed by atoms with van der Waals surface area (Å²) < 4.78 is 0. The molecule has 0 unspecified atom stereocenters. The predicted octanol–water partition coefficient (Wildman–Crippen LogP) is 1.49. The molecule has 0 spiro atoms. The summed E-state index contributed by atoms with van der Waals surface area (Å²) in [4.78, 5) is 31.9. The third-order valence-corrected chi connectivity index (χ3v) is 4.62. The van der Waals surface area contributed by atoms with Crippen LogP contribution in [-0.2, 0) is 16.0 Å². The van der Waals surface area contributed by atoms with Crippen LogP contribution in [-0.4, -0.2) is 52.8 Å². The van der Waals surface area contributed by atoms with Crippen molar-refractivity contribution in [2.45, 2.75) is 32.1 Å². The van der Waals surface area contributed by atoms with Crippen LogP contribution >= 0.6 is 0 Å². The van der Waals surface area contributed by atoms with Gasteiger partial charge >= 0.3 is 0 Å². The van der Waals surface area contributed by atoms with Gasteiger partial charge < -0.3 is 9.80 Å². The number of hydrogen-bond acceptors (Lipinski definition) is 3. The van der Waals surface area contributed by atoms with E-state index in [0.29, 0.717) is 12.3 Å². The van der Waals surface area contributed by atoms with Gasteiger partial charge in [-0.2, -0.15) is 0 Å². The van der Waals surface area contributed by atoms with E-state index in [-0.39, 0.29) is 18.4 Å². The molecule has 3 rings (SSSR count). The van der Waals surface area contributed by atoms with Crippen molar-refractivity contribution in [1.29, 1.82) is 0 Å². The number of piperidine rings is 1. The van der Waals surface area contributed by atoms with E-state index in [2.05, 4.69) is 11.1 Å². The van der Waals surface area contributed by atoms with Gasteiger partial charge in [-0.15, -0.1) is 0 Å². The van der Waals surface area contributed by atoms with Gasteiger partial charge in [0, 0.05) is 38.4 Å². The molecular formula is C17H23N3O2. The molecule has 5 nitrogen and oxygen atoms in total. The van der Waals surface area contributed by atoms with Gasteiger partial charge in [0.1, 0.15) is 0 Å². The second kappa shape index (κ2) is 6.90. The summed E-state index contributed by atoms with van der Waals surface area (Å²) >= 11 is 0. The molecule has 1 aromatic heterocycles. The first-order chi connectivity index (χ1) is 10.7. The molecule has 0 aromatic carbocycles. The topological polar surface area (TPSA) is 53.5 Å². The number of pyridine rings is 1. The van der Waals surface area contributed by atoms with Crippen molar-refractivity contribution in [1.82, 2.24) is 14.8 Å². The second-order valence-corrected chi connectivity index (χ2v) is 6.33. The monoisotopic (exact) mass is 301 g/mol. The second-order valence-electron chi connectivity index (χ2n) is 6.33. The normalized spacial score (nSPS) is 22.2. The van der Waals surface area contributed by atoms with Crippen molar-refractivity contribution in [2.75, 3.05) is 26.2 Å². The number of nitrogens with zero attached hydrogens (tertiary/aromatic N) is 3. The number of carbonyl (C=O) groups excluding carboxylic acids is 2. The molecule has 2 aliphatic rings. The lowest BCUT2D eigenvalue weighted by Crippen LogP contribution is -2.45. The Kier molecular flexibility index (Phi) is 4.71. The molecule has 1 aromatic rings. The first-order valence-corrected chi connectivity index (χ1v) is 8.17. The Bertz CT molecular complexity index is 532. The molecule has 0 bridgehead atoms. The van der Waals surface area contributed by atoms with Gasteiger partial charge in [0.2, 0.25) is 11.8 Å². The molecule has 3 heterocycles. The van der Waals surface area contributed by atoms with Gasteiger partial charge in [-0.3, -0.25) is 14.6 Å². The molecular weight excluding hydrogens is 278 g/mol. The zero-order valence-corrected chi connectivity index (χ0v) is 12.9. The highest BCUT2D eigenvalue weighted by atomic mass is 16.2. The smallest absolute Gasteiger partial charge is 0.242 e. The standard InChI is InChI=1S/C17H23N3O2/c21-16-6-3-9-20(16)13-17(22)19-8-2-5-15(12-19)10-14-4-1-7-18-11-14/h1,4,7,11,15H,2-3,5-6,8-10,12-13H2/t15-/m1/s1. The lowest BCUT2D eigenvalue weighted by molar-refractivity contribution is -0.139. The SMILES string of the molecule is O=C1CCCN1CC(=O)N1CCC[C@H](Cc2cccnc2)C1. The van der Waals surface area contributed by atoms with E-state index in [1.807, 2.05) is 17.2 Å². The Morgan fingerprint density at radius 2 is 2.23 bits per heavy atom. The maximum atomic E-state index is 12.4. The van der Waals surface area contributed by atoms with E-state index in [9.17, 15) is 9.59 Å². The summed E-state index contributed by atoms with van der Waals surface area (Å²) in [5, 5.41) is 0. The maximum absolute atomic E-state index is 12.4. The number of likely N-dealkylation sites (tertiary alicyclic amines) is 2. The van der Waals surface area contributed by atoms with Crippen LogP contribution in [0.25, 0.3) is 0 Å². The largest absolute Gasteiger partial charge is 0.341 e. The van der Waals surface area contributed by atoms with Crippen molar-refractivity contribution in [3.63, 3.8) is 0 Å². The Balaban J connectivity index is 1.53. The minimum atomic E-state index is 0.103. The van der Waals surface area contributed by atoms with Crippen LogP contribution in [0.15, 0.2) is 24.5 Å². The van der Waals surface area contributed by atoms with Crippen LogP contribution in [0.3, 0.4) is 0 Å². The first-order valence-electron chi connectivity index (χ1n) is 8.17. The molecule has 22 heavy (non-hydrogen) atoms. The Morgan fingerprint density at radius 1 is 1.32 bits per heavy atom. The van der Waals surface area contributed by atoms with E-state index >= 15 is 0 Å². The first kappa shape index (κ1) is 15.0. The minimum absolute atomic E-state index is 0.103. The number of aromatic nitrogens is 1. The van der Waals surface area contributed by atoms with E-state index < -0.39 is 0 Å². The van der Waals surface area contributed by atoms with Gasteiger partial charge in [-0.1, -0.05) is 6.07 Å². The number of carbonyl (C=O) groups is 2. The molecule has 0 radical (unpaired) electrons. The summed E-state index contributed by atoms with van der Waals surface area (Å²) in [6.45, 7) is 2.62. The average Bonchev–Trinajstić information content (AvgIpc) is 2.94. The lowest BCUT2D eigenvalue weighted by atomic mass is 9.92. The molecule has 0 saturated carbocycles. The van der Waals surface area contributed by atoms with Gasteiger partial charge in [-0.05, 0) is 43.2 Å². The van der Waals surface area contributed by atoms with Crippen LogP contribution in [0.4, 0.5) is 0 Å². The fourth-order valence-corrected chi connectivity index (χ4v) is 3.44. The highest BCUT2D eigenvalue weighted by Crippen LogP contribution is 2.21. The van der Waals surface area contributed by atoms with E-state index in [1.165, 1.54) is 5.56 Å². The van der Waals surface area contributed by atoms with Crippen LogP contribution in [0.1, 0.15) is 31.2 Å². The van der Waals surface area contributed by atoms with Crippen LogP contribution in [0, 0.1) is 5.92 Å². The van der Waals surface area contributed by atoms with Crippen molar-refractivity contribution in [3.05, 3.63) is 30.1 Å². The minimum Gasteiger partial charge on any atom is -0.341 e. The van der Waals surface area contributed by atoms with Gasteiger partial charge in [0.05, 0.1) is 6.54 Å². The summed E-state index contributed by atoms with van der Waals surface area (Å²) in [6, 6.07) is 4.05. The molecule has 2 amide bonds. The highest BCUT2D eigenvalue weighted by molar-refractivity contribution is 5.85. The Hall–Kier alpha value is -1.91. The predicted molar refractivity (Wildman–Crippen MR) is 83.1 cm³/mol. The summed E-state index contributed by atoms with van der Waals surface area (Å²) in [5.74, 6) is 0.722. The Morgan fingerprint density at radius 3 is 2.95 bits per heavy atom. The molecule has 2 aliphatic heterocycles. The van der Waals surface area contributed by atoms with Gasteiger partial charge in [0.25, 0.3) is 0 Å². The Labute approximate surface area is 131 Å². The fraction of sp³-hybridized carbons (Fsp3) is 0.588. The molecule has 2 fully saturated rings. The number of amides is 2. The van der Waals surface area contributed by atoms with Crippen molar-refractivity contribution in [3.8, 4) is 0 Å². The van der Waals surface area contributed by atoms with E-state index in [0.717, 1.165) is 45.3 Å². The maximum Gasteiger partial charge on any atom is 0.242 e. The zero-order valence-electron chi connectivity index (χ0n) is 12.9. The van der Waals surface area contributed by atoms with E-state index in [4.69, 9.17) is 0 Å². The number of hydrogen-bond donors (Lipinski definition) is 0. The van der Waals surface area contributed by atoms with E-state index in [1.54, 1.807) is 11.1 Å². The third kappa shape index (κ3) is 3.64. The number of rotatable bonds is 4. The molecule has 118 valence electrons. The summed E-state index contributed by atoms with van der Waals surface area (Å²) in [7, 11) is 0. The lowest BCUT2D eigenvalue weighted by Gasteiger charge is -2.34. The fourth-order valence-electron chi connectivity index (χ4n) is 3.44. The van der Waals surface area contributed by atoms with Crippen LogP contribution in [0.2, 0.25) is 0 Å². The quantitative estimate of drug-likeness (QED) is 0.846. The molecule has 2 saturated heterocycles.